The van der Waals surface area contributed by atoms with E-state index in [1.54, 1.807) is 5.56 Å². The lowest BCUT2D eigenvalue weighted by Crippen LogP contribution is -2.02. The third kappa shape index (κ3) is 6.97. The van der Waals surface area contributed by atoms with E-state index in [4.69, 9.17) is 0 Å². The number of aryl methyl sites for hydroxylation is 1. The van der Waals surface area contributed by atoms with Crippen molar-refractivity contribution in [1.29, 1.82) is 0 Å². The van der Waals surface area contributed by atoms with Crippen LogP contribution in [0, 0.1) is 6.92 Å². The van der Waals surface area contributed by atoms with Crippen LogP contribution in [0.25, 0.3) is 32.7 Å². The summed E-state index contributed by atoms with van der Waals surface area (Å²) in [6.45, 7) is 14.9. The quantitative estimate of drug-likeness (QED) is 0.169. The topological polar surface area (TPSA) is 0 Å². The molecule has 35 heavy (non-hydrogen) atoms. The summed E-state index contributed by atoms with van der Waals surface area (Å²) in [5, 5.41) is 5.41. The SMILES string of the molecule is CC.CC.CCCCCC(CCCC)c1ccccc1-c1ccc2c(ccc3ccccc32)c1C. The highest BCUT2D eigenvalue weighted by Gasteiger charge is 2.17. The molecule has 0 aliphatic rings. The Morgan fingerprint density at radius 2 is 1.17 bits per heavy atom. The van der Waals surface area contributed by atoms with Gasteiger partial charge < -0.3 is 0 Å². The van der Waals surface area contributed by atoms with E-state index in [2.05, 4.69) is 93.6 Å². The van der Waals surface area contributed by atoms with Crippen molar-refractivity contribution in [1.82, 2.24) is 0 Å². The van der Waals surface area contributed by atoms with Crippen LogP contribution in [0.2, 0.25) is 0 Å². The maximum absolute atomic E-state index is 2.39. The molecule has 1 unspecified atom stereocenters. The predicted molar refractivity (Wildman–Crippen MR) is 161 cm³/mol. The monoisotopic (exact) mass is 468 g/mol. The normalized spacial score (nSPS) is 11.4. The summed E-state index contributed by atoms with van der Waals surface area (Å²) in [4.78, 5) is 0. The number of hydrogen-bond acceptors (Lipinski definition) is 0. The van der Waals surface area contributed by atoms with Crippen LogP contribution in [-0.4, -0.2) is 0 Å². The molecule has 0 aromatic heterocycles. The van der Waals surface area contributed by atoms with E-state index >= 15 is 0 Å². The maximum atomic E-state index is 2.39. The molecule has 0 aliphatic carbocycles. The van der Waals surface area contributed by atoms with Crippen molar-refractivity contribution in [2.24, 2.45) is 0 Å². The molecule has 0 aliphatic heterocycles. The lowest BCUT2D eigenvalue weighted by atomic mass is 9.82. The van der Waals surface area contributed by atoms with E-state index in [9.17, 15) is 0 Å². The average Bonchev–Trinajstić information content (AvgIpc) is 2.93. The summed E-state index contributed by atoms with van der Waals surface area (Å²) >= 11 is 0. The van der Waals surface area contributed by atoms with E-state index in [0.29, 0.717) is 5.92 Å². The van der Waals surface area contributed by atoms with E-state index in [1.165, 1.54) is 83.2 Å². The first-order valence-corrected chi connectivity index (χ1v) is 14.2. The third-order valence-electron chi connectivity index (χ3n) is 6.95. The summed E-state index contributed by atoms with van der Waals surface area (Å²) < 4.78 is 0. The van der Waals surface area contributed by atoms with Crippen LogP contribution >= 0.6 is 0 Å². The van der Waals surface area contributed by atoms with Gasteiger partial charge in [0.1, 0.15) is 0 Å². The zero-order valence-electron chi connectivity index (χ0n) is 23.5. The van der Waals surface area contributed by atoms with Crippen LogP contribution in [0.3, 0.4) is 0 Å². The molecule has 0 radical (unpaired) electrons. The second kappa shape index (κ2) is 15.4. The second-order valence-corrected chi connectivity index (χ2v) is 9.04. The predicted octanol–water partition coefficient (Wildman–Crippen LogP) is 11.9. The first-order valence-electron chi connectivity index (χ1n) is 14.2. The molecule has 0 amide bonds. The fourth-order valence-electron chi connectivity index (χ4n) is 5.18. The number of fused-ring (bicyclic) bond motifs is 3. The molecule has 0 spiro atoms. The van der Waals surface area contributed by atoms with Crippen molar-refractivity contribution in [3.05, 3.63) is 83.9 Å². The first kappa shape index (κ1) is 28.6. The molecule has 0 N–H and O–H groups in total. The zero-order valence-corrected chi connectivity index (χ0v) is 23.5. The van der Waals surface area contributed by atoms with Crippen molar-refractivity contribution >= 4 is 21.5 Å². The molecular formula is C35H48. The van der Waals surface area contributed by atoms with E-state index in [1.807, 2.05) is 27.7 Å². The Bertz CT molecular complexity index is 1150. The third-order valence-corrected chi connectivity index (χ3v) is 6.95. The first-order chi connectivity index (χ1) is 17.2. The molecule has 0 saturated heterocycles. The van der Waals surface area contributed by atoms with Crippen LogP contribution in [0.5, 0.6) is 0 Å². The van der Waals surface area contributed by atoms with Crippen LogP contribution in [0.15, 0.2) is 72.8 Å². The average molecular weight is 469 g/mol. The van der Waals surface area contributed by atoms with Gasteiger partial charge in [-0.3, -0.25) is 0 Å². The van der Waals surface area contributed by atoms with Gasteiger partial charge in [-0.15, -0.1) is 0 Å². The molecule has 0 saturated carbocycles. The Balaban J connectivity index is 0.00000103. The Kier molecular flexibility index (Phi) is 12.6. The molecule has 0 bridgehead atoms. The van der Waals surface area contributed by atoms with E-state index < -0.39 is 0 Å². The van der Waals surface area contributed by atoms with Crippen LogP contribution in [0.1, 0.15) is 104 Å². The van der Waals surface area contributed by atoms with Crippen molar-refractivity contribution < 1.29 is 0 Å². The summed E-state index contributed by atoms with van der Waals surface area (Å²) in [6, 6.07) is 27.2. The van der Waals surface area contributed by atoms with Gasteiger partial charge in [-0.1, -0.05) is 146 Å². The standard InChI is InChI=1S/C31H36.2C2H6/c1-4-6-8-14-24(13-7-5-2)28-17-11-12-18-30(28)27-21-22-31-26(23(27)3)20-19-25-15-9-10-16-29(25)31;2*1-2/h9-12,15-22,24H,4-8,13-14H2,1-3H3;2*1-2H3. The maximum Gasteiger partial charge on any atom is -0.0102 e. The van der Waals surface area contributed by atoms with E-state index in [0.717, 1.165) is 0 Å². The Hall–Kier alpha value is -2.60. The van der Waals surface area contributed by atoms with Gasteiger partial charge in [0.05, 0.1) is 0 Å². The minimum Gasteiger partial charge on any atom is -0.0683 e. The van der Waals surface area contributed by atoms with Gasteiger partial charge >= 0.3 is 0 Å². The molecule has 188 valence electrons. The minimum absolute atomic E-state index is 0.661. The smallest absolute Gasteiger partial charge is 0.0102 e. The van der Waals surface area contributed by atoms with Gasteiger partial charge in [0.2, 0.25) is 0 Å². The highest BCUT2D eigenvalue weighted by Crippen LogP contribution is 2.39. The molecule has 0 heterocycles. The molecule has 4 aromatic rings. The number of hydrogen-bond donors (Lipinski definition) is 0. The van der Waals surface area contributed by atoms with Crippen molar-refractivity contribution in [3.8, 4) is 11.1 Å². The van der Waals surface area contributed by atoms with Gasteiger partial charge in [0, 0.05) is 0 Å². The highest BCUT2D eigenvalue weighted by atomic mass is 14.2. The molecule has 4 rings (SSSR count). The highest BCUT2D eigenvalue weighted by molar-refractivity contribution is 6.09. The van der Waals surface area contributed by atoms with Crippen LogP contribution in [0.4, 0.5) is 0 Å². The van der Waals surface area contributed by atoms with Gasteiger partial charge in [-0.25, -0.2) is 0 Å². The Morgan fingerprint density at radius 1 is 0.543 bits per heavy atom. The zero-order chi connectivity index (χ0) is 25.6. The van der Waals surface area contributed by atoms with Crippen molar-refractivity contribution in [2.75, 3.05) is 0 Å². The van der Waals surface area contributed by atoms with Crippen molar-refractivity contribution in [3.63, 3.8) is 0 Å². The van der Waals surface area contributed by atoms with Crippen molar-refractivity contribution in [2.45, 2.75) is 99.3 Å². The molecule has 0 heteroatoms. The minimum atomic E-state index is 0.661. The fraction of sp³-hybridized carbons (Fsp3) is 0.429. The van der Waals surface area contributed by atoms with E-state index in [-0.39, 0.29) is 0 Å². The van der Waals surface area contributed by atoms with Crippen LogP contribution in [-0.2, 0) is 0 Å². The number of rotatable bonds is 9. The number of unbranched alkanes of at least 4 members (excludes halogenated alkanes) is 3. The number of benzene rings is 4. The summed E-state index contributed by atoms with van der Waals surface area (Å²) in [5.41, 5.74) is 5.79. The summed E-state index contributed by atoms with van der Waals surface area (Å²) in [5.74, 6) is 0.661. The Morgan fingerprint density at radius 3 is 1.91 bits per heavy atom. The lowest BCUT2D eigenvalue weighted by molar-refractivity contribution is 0.516. The largest absolute Gasteiger partial charge is 0.0683 e. The summed E-state index contributed by atoms with van der Waals surface area (Å²) in [6.07, 6.45) is 9.16. The molecule has 4 aromatic carbocycles. The van der Waals surface area contributed by atoms with Gasteiger partial charge in [0.15, 0.2) is 0 Å². The van der Waals surface area contributed by atoms with Gasteiger partial charge in [0.25, 0.3) is 0 Å². The lowest BCUT2D eigenvalue weighted by Gasteiger charge is -2.22. The summed E-state index contributed by atoms with van der Waals surface area (Å²) in [7, 11) is 0. The Labute approximate surface area is 215 Å². The molecule has 0 nitrogen and oxygen atoms in total. The molecule has 1 atom stereocenters. The molecule has 0 fully saturated rings. The van der Waals surface area contributed by atoms with Gasteiger partial charge in [-0.2, -0.15) is 0 Å². The fourth-order valence-corrected chi connectivity index (χ4v) is 5.18. The van der Waals surface area contributed by atoms with Crippen LogP contribution < -0.4 is 0 Å². The van der Waals surface area contributed by atoms with Gasteiger partial charge in [-0.05, 0) is 69.5 Å². The second-order valence-electron chi connectivity index (χ2n) is 9.04. The molecular weight excluding hydrogens is 420 g/mol.